The molecule has 0 bridgehead atoms. The van der Waals surface area contributed by atoms with Crippen LogP contribution in [0.15, 0.2) is 60.3 Å². The van der Waals surface area contributed by atoms with E-state index in [4.69, 9.17) is 16.3 Å². The monoisotopic (exact) mass is 413 g/mol. The molecular formula is C22H24ClN3OS. The molecule has 0 aliphatic carbocycles. The maximum absolute atomic E-state index is 6.28. The zero-order valence-corrected chi connectivity index (χ0v) is 17.9. The molecule has 3 aromatic rings. The van der Waals surface area contributed by atoms with Crippen molar-refractivity contribution in [2.45, 2.75) is 44.3 Å². The molecule has 0 aliphatic heterocycles. The lowest BCUT2D eigenvalue weighted by molar-refractivity contribution is 0.210. The van der Waals surface area contributed by atoms with Crippen molar-refractivity contribution in [3.05, 3.63) is 82.7 Å². The summed E-state index contributed by atoms with van der Waals surface area (Å²) in [6.07, 6.45) is 1.55. The largest absolute Gasteiger partial charge is 0.481 e. The summed E-state index contributed by atoms with van der Waals surface area (Å²) in [5.74, 6) is 2.24. The van der Waals surface area contributed by atoms with Gasteiger partial charge in [0.2, 0.25) is 0 Å². The van der Waals surface area contributed by atoms with E-state index in [-0.39, 0.29) is 6.10 Å². The van der Waals surface area contributed by atoms with Crippen LogP contribution in [0.5, 0.6) is 5.75 Å². The minimum atomic E-state index is -0.292. The Hall–Kier alpha value is -2.24. The lowest BCUT2D eigenvalue weighted by atomic mass is 10.1. The van der Waals surface area contributed by atoms with Crippen LogP contribution in [0, 0.1) is 13.8 Å². The summed E-state index contributed by atoms with van der Waals surface area (Å²) in [5, 5.41) is 10.2. The van der Waals surface area contributed by atoms with E-state index in [1.807, 2.05) is 42.7 Å². The van der Waals surface area contributed by atoms with Crippen LogP contribution in [0.3, 0.4) is 0 Å². The molecule has 1 aromatic heterocycles. The van der Waals surface area contributed by atoms with Crippen LogP contribution in [0.1, 0.15) is 35.5 Å². The number of nitrogens with zero attached hydrogens (tertiary/aromatic N) is 3. The molecule has 0 radical (unpaired) electrons. The van der Waals surface area contributed by atoms with E-state index in [9.17, 15) is 0 Å². The van der Waals surface area contributed by atoms with E-state index in [0.29, 0.717) is 17.3 Å². The number of thioether (sulfide) groups is 1. The molecule has 4 nitrogen and oxygen atoms in total. The third-order valence-corrected chi connectivity index (χ3v) is 5.76. The van der Waals surface area contributed by atoms with Gasteiger partial charge >= 0.3 is 0 Å². The molecule has 0 aliphatic rings. The Bertz CT molecular complexity index is 970. The molecule has 0 N–H and O–H groups in total. The van der Waals surface area contributed by atoms with Gasteiger partial charge < -0.3 is 4.74 Å². The quantitative estimate of drug-likeness (QED) is 0.327. The number of benzene rings is 2. The van der Waals surface area contributed by atoms with Gasteiger partial charge in [0.15, 0.2) is 17.1 Å². The van der Waals surface area contributed by atoms with Crippen LogP contribution >= 0.6 is 23.4 Å². The fraction of sp³-hybridized carbons (Fsp3) is 0.273. The second-order valence-electron chi connectivity index (χ2n) is 6.65. The van der Waals surface area contributed by atoms with Crippen LogP contribution in [-0.4, -0.2) is 14.8 Å². The molecule has 0 saturated carbocycles. The first-order valence-corrected chi connectivity index (χ1v) is 10.5. The molecule has 28 heavy (non-hydrogen) atoms. The van der Waals surface area contributed by atoms with Gasteiger partial charge in [0.05, 0.1) is 5.02 Å². The van der Waals surface area contributed by atoms with Gasteiger partial charge in [-0.3, -0.25) is 4.57 Å². The molecule has 3 rings (SSSR count). The normalized spacial score (nSPS) is 12.0. The molecule has 0 amide bonds. The molecule has 2 aromatic carbocycles. The van der Waals surface area contributed by atoms with Crippen LogP contribution in [0.2, 0.25) is 5.02 Å². The highest BCUT2D eigenvalue weighted by Crippen LogP contribution is 2.31. The fourth-order valence-corrected chi connectivity index (χ4v) is 4.06. The minimum Gasteiger partial charge on any atom is -0.481 e. The number of allylic oxidation sites excluding steroid dienone is 1. The van der Waals surface area contributed by atoms with E-state index in [1.165, 1.54) is 11.1 Å². The molecule has 1 atom stereocenters. The van der Waals surface area contributed by atoms with Crippen LogP contribution in [-0.2, 0) is 12.3 Å². The van der Waals surface area contributed by atoms with Crippen molar-refractivity contribution >= 4 is 23.4 Å². The molecule has 6 heteroatoms. The number of aromatic nitrogens is 3. The Morgan fingerprint density at radius 3 is 2.75 bits per heavy atom. The van der Waals surface area contributed by atoms with Gasteiger partial charge in [-0.25, -0.2) is 0 Å². The molecule has 0 fully saturated rings. The fourth-order valence-electron chi connectivity index (χ4n) is 2.87. The zero-order valence-electron chi connectivity index (χ0n) is 16.4. The smallest absolute Gasteiger partial charge is 0.191 e. The number of rotatable bonds is 8. The van der Waals surface area contributed by atoms with Crippen molar-refractivity contribution in [1.82, 2.24) is 14.8 Å². The van der Waals surface area contributed by atoms with Gasteiger partial charge in [-0.2, -0.15) is 0 Å². The molecule has 146 valence electrons. The Morgan fingerprint density at radius 2 is 2.00 bits per heavy atom. The summed E-state index contributed by atoms with van der Waals surface area (Å²) in [6.45, 7) is 10.6. The van der Waals surface area contributed by atoms with Crippen molar-refractivity contribution in [1.29, 1.82) is 0 Å². The third kappa shape index (κ3) is 4.78. The van der Waals surface area contributed by atoms with E-state index in [0.717, 1.165) is 22.3 Å². The zero-order chi connectivity index (χ0) is 20.1. The highest BCUT2D eigenvalue weighted by molar-refractivity contribution is 7.98. The summed E-state index contributed by atoms with van der Waals surface area (Å²) in [6, 6.07) is 14.1. The molecular weight excluding hydrogens is 390 g/mol. The van der Waals surface area contributed by atoms with Gasteiger partial charge in [0.25, 0.3) is 0 Å². The highest BCUT2D eigenvalue weighted by atomic mass is 35.5. The van der Waals surface area contributed by atoms with E-state index >= 15 is 0 Å². The van der Waals surface area contributed by atoms with E-state index in [1.54, 1.807) is 11.8 Å². The maximum Gasteiger partial charge on any atom is 0.191 e. The molecule has 1 unspecified atom stereocenters. The number of halogens is 1. The molecule has 0 saturated heterocycles. The minimum absolute atomic E-state index is 0.292. The first-order chi connectivity index (χ1) is 13.5. The van der Waals surface area contributed by atoms with Crippen molar-refractivity contribution in [2.24, 2.45) is 0 Å². The maximum atomic E-state index is 6.28. The van der Waals surface area contributed by atoms with Crippen LogP contribution < -0.4 is 4.74 Å². The van der Waals surface area contributed by atoms with Crippen molar-refractivity contribution in [2.75, 3.05) is 0 Å². The number of hydrogen-bond acceptors (Lipinski definition) is 4. The second kappa shape index (κ2) is 9.30. The Labute approximate surface area is 175 Å². The Morgan fingerprint density at radius 1 is 1.21 bits per heavy atom. The summed E-state index contributed by atoms with van der Waals surface area (Å²) in [5.41, 5.74) is 3.66. The lowest BCUT2D eigenvalue weighted by Crippen LogP contribution is -2.12. The van der Waals surface area contributed by atoms with Crippen LogP contribution in [0.25, 0.3) is 0 Å². The SMILES string of the molecule is C=CCn1c(SCc2ccccc2C)nnc1C(C)Oc1cc(C)ccc1Cl. The standard InChI is InChI=1S/C22H24ClN3OS/c1-5-12-26-21(17(4)27-20-13-15(2)10-11-19(20)23)24-25-22(26)28-14-18-9-7-6-8-16(18)3/h5-11,13,17H,1,12,14H2,2-4H3. The summed E-state index contributed by atoms with van der Waals surface area (Å²) >= 11 is 7.94. The molecule has 1 heterocycles. The number of aryl methyl sites for hydroxylation is 2. The van der Waals surface area contributed by atoms with Gasteiger partial charge in [-0.05, 0) is 49.6 Å². The first kappa shape index (κ1) is 20.5. The predicted octanol–water partition coefficient (Wildman–Crippen LogP) is 6.17. The van der Waals surface area contributed by atoms with Gasteiger partial charge in [-0.1, -0.05) is 59.8 Å². The lowest BCUT2D eigenvalue weighted by Gasteiger charge is -2.17. The van der Waals surface area contributed by atoms with Crippen molar-refractivity contribution < 1.29 is 4.74 Å². The van der Waals surface area contributed by atoms with Gasteiger partial charge in [0.1, 0.15) is 5.75 Å². The number of hydrogen-bond donors (Lipinski definition) is 0. The predicted molar refractivity (Wildman–Crippen MR) is 116 cm³/mol. The van der Waals surface area contributed by atoms with Crippen molar-refractivity contribution in [3.8, 4) is 5.75 Å². The number of ether oxygens (including phenoxy) is 1. The topological polar surface area (TPSA) is 39.9 Å². The highest BCUT2D eigenvalue weighted by Gasteiger charge is 2.20. The third-order valence-electron chi connectivity index (χ3n) is 4.43. The Balaban J connectivity index is 1.80. The van der Waals surface area contributed by atoms with Crippen molar-refractivity contribution in [3.63, 3.8) is 0 Å². The average Bonchev–Trinajstić information content (AvgIpc) is 3.07. The van der Waals surface area contributed by atoms with Crippen LogP contribution in [0.4, 0.5) is 0 Å². The van der Waals surface area contributed by atoms with E-state index in [2.05, 4.69) is 48.0 Å². The van der Waals surface area contributed by atoms with Gasteiger partial charge in [-0.15, -0.1) is 16.8 Å². The van der Waals surface area contributed by atoms with Gasteiger partial charge in [0, 0.05) is 12.3 Å². The first-order valence-electron chi connectivity index (χ1n) is 9.13. The molecule has 0 spiro atoms. The Kier molecular flexibility index (Phi) is 6.81. The second-order valence-corrected chi connectivity index (χ2v) is 8.00. The summed E-state index contributed by atoms with van der Waals surface area (Å²) in [7, 11) is 0. The summed E-state index contributed by atoms with van der Waals surface area (Å²) in [4.78, 5) is 0. The summed E-state index contributed by atoms with van der Waals surface area (Å²) < 4.78 is 8.14. The average molecular weight is 414 g/mol. The van der Waals surface area contributed by atoms with E-state index < -0.39 is 0 Å².